The summed E-state index contributed by atoms with van der Waals surface area (Å²) in [5.74, 6) is 0.579. The van der Waals surface area contributed by atoms with E-state index in [2.05, 4.69) is 4.72 Å². The van der Waals surface area contributed by atoms with Gasteiger partial charge in [-0.05, 0) is 56.0 Å². The van der Waals surface area contributed by atoms with Crippen LogP contribution in [0, 0.1) is 0 Å². The number of nitrogens with one attached hydrogen (secondary N) is 1. The van der Waals surface area contributed by atoms with Crippen LogP contribution in [-0.2, 0) is 32.6 Å². The molecule has 4 rings (SSSR count). The summed E-state index contributed by atoms with van der Waals surface area (Å²) in [4.78, 5) is 28.7. The second kappa shape index (κ2) is 10.6. The first kappa shape index (κ1) is 24.2. The molecule has 2 aliphatic heterocycles. The zero-order chi connectivity index (χ0) is 24.1. The van der Waals surface area contributed by atoms with Gasteiger partial charge < -0.3 is 14.5 Å². The molecule has 2 aliphatic rings. The summed E-state index contributed by atoms with van der Waals surface area (Å²) in [7, 11) is -3.74. The molecule has 182 valence electrons. The van der Waals surface area contributed by atoms with Gasteiger partial charge in [-0.2, -0.15) is 0 Å². The summed E-state index contributed by atoms with van der Waals surface area (Å²) in [5, 5.41) is 0. The Morgan fingerprint density at radius 1 is 1.00 bits per heavy atom. The van der Waals surface area contributed by atoms with Crippen LogP contribution in [0.25, 0.3) is 0 Å². The molecular weight excluding hydrogens is 454 g/mol. The largest absolute Gasteiger partial charge is 0.494 e. The van der Waals surface area contributed by atoms with Crippen LogP contribution < -0.4 is 14.4 Å². The van der Waals surface area contributed by atoms with Crippen LogP contribution in [0.1, 0.15) is 43.7 Å². The molecule has 9 heteroatoms. The van der Waals surface area contributed by atoms with E-state index in [4.69, 9.17) is 4.74 Å². The van der Waals surface area contributed by atoms with E-state index in [0.29, 0.717) is 25.3 Å². The molecule has 0 bridgehead atoms. The van der Waals surface area contributed by atoms with Crippen molar-refractivity contribution in [1.29, 1.82) is 0 Å². The fraction of sp³-hybridized carbons (Fsp3) is 0.440. The molecule has 0 saturated carbocycles. The van der Waals surface area contributed by atoms with E-state index >= 15 is 0 Å². The topological polar surface area (TPSA) is 96.0 Å². The molecule has 0 aromatic heterocycles. The molecule has 34 heavy (non-hydrogen) atoms. The number of sulfonamides is 1. The quantitative estimate of drug-likeness (QED) is 0.589. The van der Waals surface area contributed by atoms with Crippen LogP contribution in [0.5, 0.6) is 5.75 Å². The third-order valence-corrected chi connectivity index (χ3v) is 7.69. The van der Waals surface area contributed by atoms with Crippen LogP contribution in [-0.4, -0.2) is 51.4 Å². The van der Waals surface area contributed by atoms with Gasteiger partial charge in [0.1, 0.15) is 5.75 Å². The Kier molecular flexibility index (Phi) is 7.53. The number of benzene rings is 2. The normalized spacial score (nSPS) is 15.4. The van der Waals surface area contributed by atoms with Gasteiger partial charge in [0.15, 0.2) is 0 Å². The number of hydrogen-bond acceptors (Lipinski definition) is 5. The summed E-state index contributed by atoms with van der Waals surface area (Å²) in [6.45, 7) is 4.54. The number of ether oxygens (including phenoxy) is 1. The van der Waals surface area contributed by atoms with Gasteiger partial charge in [0.25, 0.3) is 0 Å². The van der Waals surface area contributed by atoms with Crippen LogP contribution in [0.2, 0.25) is 0 Å². The fourth-order valence-corrected chi connectivity index (χ4v) is 5.54. The minimum atomic E-state index is -3.74. The Bertz CT molecular complexity index is 1160. The molecule has 0 unspecified atom stereocenters. The van der Waals surface area contributed by atoms with Crippen LogP contribution >= 0.6 is 0 Å². The molecule has 8 nitrogen and oxygen atoms in total. The molecule has 1 N–H and O–H groups in total. The minimum Gasteiger partial charge on any atom is -0.494 e. The molecule has 0 aliphatic carbocycles. The smallest absolute Gasteiger partial charge is 0.240 e. The van der Waals surface area contributed by atoms with Gasteiger partial charge >= 0.3 is 0 Å². The lowest BCUT2D eigenvalue weighted by Crippen LogP contribution is -2.32. The van der Waals surface area contributed by atoms with E-state index in [0.717, 1.165) is 42.7 Å². The van der Waals surface area contributed by atoms with Gasteiger partial charge in [-0.3, -0.25) is 9.59 Å². The number of rotatable bonds is 9. The number of anilines is 1. The maximum absolute atomic E-state index is 12.9. The Hall–Kier alpha value is -2.91. The van der Waals surface area contributed by atoms with Gasteiger partial charge in [-0.25, -0.2) is 13.1 Å². The highest BCUT2D eigenvalue weighted by molar-refractivity contribution is 7.89. The number of carbonyl (C=O) groups excluding carboxylic acids is 2. The molecule has 2 aromatic rings. The molecule has 2 aromatic carbocycles. The average molecular weight is 486 g/mol. The van der Waals surface area contributed by atoms with Gasteiger partial charge in [0, 0.05) is 50.3 Å². The molecule has 0 atom stereocenters. The number of carbonyl (C=O) groups is 2. The molecule has 0 spiro atoms. The van der Waals surface area contributed by atoms with Crippen molar-refractivity contribution in [3.05, 3.63) is 53.6 Å². The standard InChI is InChI=1S/C25H31N3O5S/c1-2-33-23-8-4-3-7-20(23)18-26-34(31,32)21-9-10-22-19(17-21)13-16-28(22)25(30)12-11-24(29)27-14-5-6-15-27/h3-4,7-10,17,26H,2,5-6,11-16,18H2,1H3. The lowest BCUT2D eigenvalue weighted by Gasteiger charge is -2.19. The van der Waals surface area contributed by atoms with E-state index in [1.54, 1.807) is 17.0 Å². The third kappa shape index (κ3) is 5.42. The van der Waals surface area contributed by atoms with Crippen molar-refractivity contribution in [2.45, 2.75) is 50.5 Å². The maximum Gasteiger partial charge on any atom is 0.240 e. The number of para-hydroxylation sites is 1. The average Bonchev–Trinajstić information content (AvgIpc) is 3.52. The predicted molar refractivity (Wildman–Crippen MR) is 129 cm³/mol. The van der Waals surface area contributed by atoms with Crippen LogP contribution in [0.4, 0.5) is 5.69 Å². The number of hydrogen-bond donors (Lipinski definition) is 1. The highest BCUT2D eigenvalue weighted by Crippen LogP contribution is 2.31. The SMILES string of the molecule is CCOc1ccccc1CNS(=O)(=O)c1ccc2c(c1)CCN2C(=O)CCC(=O)N1CCCC1. The lowest BCUT2D eigenvalue weighted by atomic mass is 10.2. The summed E-state index contributed by atoms with van der Waals surface area (Å²) in [6.07, 6.45) is 3.01. The maximum atomic E-state index is 12.9. The first-order chi connectivity index (χ1) is 16.4. The van der Waals surface area contributed by atoms with Crippen molar-refractivity contribution in [3.63, 3.8) is 0 Å². The highest BCUT2D eigenvalue weighted by atomic mass is 32.2. The zero-order valence-corrected chi connectivity index (χ0v) is 20.3. The van der Waals surface area contributed by atoms with E-state index < -0.39 is 10.0 Å². The molecule has 0 radical (unpaired) electrons. The Balaban J connectivity index is 1.39. The van der Waals surface area contributed by atoms with Crippen LogP contribution in [0.3, 0.4) is 0 Å². The predicted octanol–water partition coefficient (Wildman–Crippen LogP) is 2.86. The third-order valence-electron chi connectivity index (χ3n) is 6.29. The number of amides is 2. The van der Waals surface area contributed by atoms with Crippen molar-refractivity contribution >= 4 is 27.5 Å². The Morgan fingerprint density at radius 2 is 1.74 bits per heavy atom. The zero-order valence-electron chi connectivity index (χ0n) is 19.5. The highest BCUT2D eigenvalue weighted by Gasteiger charge is 2.28. The molecule has 2 heterocycles. The van der Waals surface area contributed by atoms with E-state index in [1.165, 1.54) is 6.07 Å². The van der Waals surface area contributed by atoms with E-state index in [-0.39, 0.29) is 36.1 Å². The number of fused-ring (bicyclic) bond motifs is 1. The van der Waals surface area contributed by atoms with E-state index in [1.807, 2.05) is 36.1 Å². The van der Waals surface area contributed by atoms with Gasteiger partial charge in [-0.1, -0.05) is 18.2 Å². The van der Waals surface area contributed by atoms with Gasteiger partial charge in [0.05, 0.1) is 11.5 Å². The number of nitrogens with zero attached hydrogens (tertiary/aromatic N) is 2. The molecule has 2 amide bonds. The van der Waals surface area contributed by atoms with Gasteiger partial charge in [-0.15, -0.1) is 0 Å². The monoisotopic (exact) mass is 485 g/mol. The molecule has 1 saturated heterocycles. The van der Waals surface area contributed by atoms with Crippen molar-refractivity contribution in [2.24, 2.45) is 0 Å². The van der Waals surface area contributed by atoms with E-state index in [9.17, 15) is 18.0 Å². The summed E-state index contributed by atoms with van der Waals surface area (Å²) >= 11 is 0. The van der Waals surface area contributed by atoms with Crippen molar-refractivity contribution in [1.82, 2.24) is 9.62 Å². The summed E-state index contributed by atoms with van der Waals surface area (Å²) in [5.41, 5.74) is 2.30. The first-order valence-corrected chi connectivity index (χ1v) is 13.3. The van der Waals surface area contributed by atoms with Crippen LogP contribution in [0.15, 0.2) is 47.4 Å². The fourth-order valence-electron chi connectivity index (χ4n) is 4.48. The second-order valence-corrected chi connectivity index (χ2v) is 10.3. The Morgan fingerprint density at radius 3 is 2.50 bits per heavy atom. The second-order valence-electron chi connectivity index (χ2n) is 8.54. The van der Waals surface area contributed by atoms with Gasteiger partial charge in [0.2, 0.25) is 21.8 Å². The van der Waals surface area contributed by atoms with Crippen molar-refractivity contribution < 1.29 is 22.7 Å². The lowest BCUT2D eigenvalue weighted by molar-refractivity contribution is -0.132. The molecule has 1 fully saturated rings. The Labute approximate surface area is 200 Å². The summed E-state index contributed by atoms with van der Waals surface area (Å²) < 4.78 is 34.1. The summed E-state index contributed by atoms with van der Waals surface area (Å²) in [6, 6.07) is 12.2. The van der Waals surface area contributed by atoms with Crippen molar-refractivity contribution in [2.75, 3.05) is 31.1 Å². The molecular formula is C25H31N3O5S. The minimum absolute atomic E-state index is 0.0312. The first-order valence-electron chi connectivity index (χ1n) is 11.8. The number of likely N-dealkylation sites (tertiary alicyclic amines) is 1. The van der Waals surface area contributed by atoms with Crippen molar-refractivity contribution in [3.8, 4) is 5.75 Å².